The number of aromatic nitrogens is 1. The molecule has 1 aromatic rings. The molecule has 2 amide bonds. The van der Waals surface area contributed by atoms with Crippen molar-refractivity contribution in [3.05, 3.63) is 24.5 Å². The second-order valence-corrected chi connectivity index (χ2v) is 8.40. The molecule has 1 aromatic heterocycles. The fourth-order valence-corrected chi connectivity index (χ4v) is 4.25. The van der Waals surface area contributed by atoms with Crippen molar-refractivity contribution < 1.29 is 55.7 Å². The Morgan fingerprint density at radius 1 is 1.03 bits per heavy atom. The number of alkyl halides is 6. The normalized spacial score (nSPS) is 21.5. The number of halogens is 6. The molecule has 0 spiro atoms. The van der Waals surface area contributed by atoms with Crippen LogP contribution in [0.5, 0.6) is 0 Å². The molecular formula is C22H28F6N4O6. The second kappa shape index (κ2) is 13.4. The molecule has 16 heteroatoms. The largest absolute Gasteiger partial charge is 0.490 e. The van der Waals surface area contributed by atoms with Crippen molar-refractivity contribution in [3.8, 4) is 0 Å². The van der Waals surface area contributed by atoms with Crippen LogP contribution in [0.3, 0.4) is 0 Å². The molecular weight excluding hydrogens is 530 g/mol. The number of carbonyl (C=O) groups is 4. The highest BCUT2D eigenvalue weighted by atomic mass is 19.4. The third-order valence-electron chi connectivity index (χ3n) is 6.13. The number of pyridine rings is 1. The van der Waals surface area contributed by atoms with Crippen molar-refractivity contribution in [2.24, 2.45) is 5.41 Å². The zero-order valence-corrected chi connectivity index (χ0v) is 20.5. The van der Waals surface area contributed by atoms with E-state index >= 15 is 0 Å². The minimum atomic E-state index is -5.08. The second-order valence-electron chi connectivity index (χ2n) is 8.40. The number of nitrogens with one attached hydrogen (secondary N) is 1. The minimum absolute atomic E-state index is 0.0712. The number of hydrogen-bond donors (Lipinski definition) is 3. The van der Waals surface area contributed by atoms with E-state index in [-0.39, 0.29) is 17.9 Å². The van der Waals surface area contributed by atoms with Crippen LogP contribution < -0.4 is 5.32 Å². The quantitative estimate of drug-likeness (QED) is 0.481. The number of carbonyl (C=O) groups excluding carboxylic acids is 2. The molecule has 214 valence electrons. The molecule has 0 unspecified atom stereocenters. The number of amides is 2. The Hall–Kier alpha value is -3.43. The van der Waals surface area contributed by atoms with E-state index in [1.807, 2.05) is 17.0 Å². The Morgan fingerprint density at radius 3 is 1.97 bits per heavy atom. The SMILES string of the molecule is CCN1CC[C@@]2(C(=O)Nc3cccnc3)CCN(C(C)=O)CC[C@@H]12.O=C(O)C(F)(F)F.O=C(O)C(F)(F)F. The van der Waals surface area contributed by atoms with Crippen LogP contribution in [0.25, 0.3) is 0 Å². The first kappa shape index (κ1) is 32.6. The highest BCUT2D eigenvalue weighted by Gasteiger charge is 2.53. The highest BCUT2D eigenvalue weighted by molar-refractivity contribution is 5.96. The Morgan fingerprint density at radius 2 is 1.55 bits per heavy atom. The van der Waals surface area contributed by atoms with Gasteiger partial charge >= 0.3 is 24.3 Å². The number of aliphatic carboxylic acids is 2. The molecule has 10 nitrogen and oxygen atoms in total. The van der Waals surface area contributed by atoms with E-state index in [4.69, 9.17) is 19.8 Å². The first-order chi connectivity index (χ1) is 17.5. The van der Waals surface area contributed by atoms with Crippen LogP contribution in [-0.2, 0) is 19.2 Å². The third kappa shape index (κ3) is 9.15. The predicted octanol–water partition coefficient (Wildman–Crippen LogP) is 3.01. The van der Waals surface area contributed by atoms with Gasteiger partial charge in [0.15, 0.2) is 0 Å². The molecule has 2 aliphatic rings. The smallest absolute Gasteiger partial charge is 0.475 e. The molecule has 0 aliphatic carbocycles. The monoisotopic (exact) mass is 558 g/mol. The molecule has 0 aromatic carbocycles. The van der Waals surface area contributed by atoms with Gasteiger partial charge in [0.2, 0.25) is 11.8 Å². The van der Waals surface area contributed by atoms with Gasteiger partial charge in [-0.15, -0.1) is 0 Å². The van der Waals surface area contributed by atoms with E-state index in [0.717, 1.165) is 44.6 Å². The number of rotatable bonds is 3. The molecule has 38 heavy (non-hydrogen) atoms. The van der Waals surface area contributed by atoms with Crippen molar-refractivity contribution in [2.45, 2.75) is 51.5 Å². The van der Waals surface area contributed by atoms with Gasteiger partial charge < -0.3 is 20.4 Å². The van der Waals surface area contributed by atoms with Gasteiger partial charge in [-0.2, -0.15) is 26.3 Å². The Balaban J connectivity index is 0.000000426. The van der Waals surface area contributed by atoms with Gasteiger partial charge in [-0.25, -0.2) is 9.59 Å². The van der Waals surface area contributed by atoms with Gasteiger partial charge in [0.1, 0.15) is 0 Å². The number of carboxylic acid groups (broad SMARTS) is 2. The summed E-state index contributed by atoms with van der Waals surface area (Å²) < 4.78 is 63.5. The third-order valence-corrected chi connectivity index (χ3v) is 6.13. The van der Waals surface area contributed by atoms with E-state index in [1.165, 1.54) is 0 Å². The number of anilines is 1. The number of fused-ring (bicyclic) bond motifs is 1. The average Bonchev–Trinajstić information content (AvgIpc) is 3.05. The molecule has 2 fully saturated rings. The first-order valence-electron chi connectivity index (χ1n) is 11.3. The van der Waals surface area contributed by atoms with Crippen LogP contribution in [0.1, 0.15) is 33.1 Å². The van der Waals surface area contributed by atoms with Gasteiger partial charge in [0.05, 0.1) is 17.3 Å². The number of likely N-dealkylation sites (tertiary alicyclic amines) is 2. The van der Waals surface area contributed by atoms with Crippen LogP contribution >= 0.6 is 0 Å². The summed E-state index contributed by atoms with van der Waals surface area (Å²) in [6.07, 6.45) is -4.37. The minimum Gasteiger partial charge on any atom is -0.475 e. The summed E-state index contributed by atoms with van der Waals surface area (Å²) >= 11 is 0. The molecule has 3 heterocycles. The standard InChI is InChI=1S/C18H26N4O2.2C2HF3O2/c1-3-21-11-7-18(17(24)20-15-5-4-9-19-13-15)8-12-22(14(2)23)10-6-16(18)21;2*3-2(4,5)1(6)7/h4-5,9,13,16H,3,6-8,10-12H2,1-2H3,(H,20,24);2*(H,6,7)/t16-,18-;;/m1../s1. The van der Waals surface area contributed by atoms with Crippen LogP contribution in [-0.4, -0.2) is 93.3 Å². The Labute approximate surface area is 213 Å². The molecule has 2 saturated heterocycles. The van der Waals surface area contributed by atoms with Gasteiger partial charge in [-0.1, -0.05) is 6.92 Å². The van der Waals surface area contributed by atoms with Gasteiger partial charge in [-0.05, 0) is 44.5 Å². The fraction of sp³-hybridized carbons (Fsp3) is 0.591. The Bertz CT molecular complexity index is 951. The zero-order chi connectivity index (χ0) is 29.3. The van der Waals surface area contributed by atoms with E-state index in [9.17, 15) is 35.9 Å². The number of carboxylic acids is 2. The van der Waals surface area contributed by atoms with Crippen LogP contribution in [0.2, 0.25) is 0 Å². The molecule has 2 aliphatic heterocycles. The highest BCUT2D eigenvalue weighted by Crippen LogP contribution is 2.44. The van der Waals surface area contributed by atoms with Gasteiger partial charge in [-0.3, -0.25) is 19.5 Å². The van der Waals surface area contributed by atoms with E-state index in [2.05, 4.69) is 22.1 Å². The van der Waals surface area contributed by atoms with Crippen molar-refractivity contribution in [1.82, 2.24) is 14.8 Å². The summed E-state index contributed by atoms with van der Waals surface area (Å²) in [5.41, 5.74) is 0.314. The van der Waals surface area contributed by atoms with E-state index in [1.54, 1.807) is 19.3 Å². The maximum absolute atomic E-state index is 13.2. The number of hydrogen-bond acceptors (Lipinski definition) is 6. The van der Waals surface area contributed by atoms with Crippen LogP contribution in [0.15, 0.2) is 24.5 Å². The van der Waals surface area contributed by atoms with Gasteiger partial charge in [0, 0.05) is 32.3 Å². The lowest BCUT2D eigenvalue weighted by Crippen LogP contribution is -2.47. The summed E-state index contributed by atoms with van der Waals surface area (Å²) in [6.45, 7) is 7.03. The van der Waals surface area contributed by atoms with Crippen LogP contribution in [0.4, 0.5) is 32.0 Å². The van der Waals surface area contributed by atoms with E-state index in [0.29, 0.717) is 6.54 Å². The van der Waals surface area contributed by atoms with E-state index < -0.39 is 29.7 Å². The van der Waals surface area contributed by atoms with Crippen molar-refractivity contribution in [2.75, 3.05) is 31.5 Å². The maximum atomic E-state index is 13.2. The average molecular weight is 558 g/mol. The summed E-state index contributed by atoms with van der Waals surface area (Å²) in [5, 5.41) is 17.3. The lowest BCUT2D eigenvalue weighted by Gasteiger charge is -2.35. The first-order valence-corrected chi connectivity index (χ1v) is 11.3. The molecule has 3 N–H and O–H groups in total. The Kier molecular flexibility index (Phi) is 11.5. The molecule has 0 radical (unpaired) electrons. The summed E-state index contributed by atoms with van der Waals surface area (Å²) in [7, 11) is 0. The molecule has 0 saturated carbocycles. The molecule has 2 atom stereocenters. The lowest BCUT2D eigenvalue weighted by atomic mass is 9.75. The topological polar surface area (TPSA) is 140 Å². The maximum Gasteiger partial charge on any atom is 0.490 e. The summed E-state index contributed by atoms with van der Waals surface area (Å²) in [6, 6.07) is 3.88. The van der Waals surface area contributed by atoms with Crippen molar-refractivity contribution in [1.29, 1.82) is 0 Å². The molecule has 3 rings (SSSR count). The zero-order valence-electron chi connectivity index (χ0n) is 20.5. The summed E-state index contributed by atoms with van der Waals surface area (Å²) in [4.78, 5) is 51.1. The summed E-state index contributed by atoms with van der Waals surface area (Å²) in [5.74, 6) is -5.34. The van der Waals surface area contributed by atoms with Crippen molar-refractivity contribution in [3.63, 3.8) is 0 Å². The lowest BCUT2D eigenvalue weighted by molar-refractivity contribution is -0.193. The fourth-order valence-electron chi connectivity index (χ4n) is 4.25. The van der Waals surface area contributed by atoms with Crippen LogP contribution in [0, 0.1) is 5.41 Å². The number of nitrogens with zero attached hydrogens (tertiary/aromatic N) is 3. The predicted molar refractivity (Wildman–Crippen MR) is 120 cm³/mol. The van der Waals surface area contributed by atoms with Crippen molar-refractivity contribution >= 4 is 29.4 Å². The van der Waals surface area contributed by atoms with Gasteiger partial charge in [0.25, 0.3) is 0 Å². The molecule has 0 bridgehead atoms.